The lowest BCUT2D eigenvalue weighted by atomic mass is 10.1. The number of carbonyl (C=O) groups is 4. The zero-order valence-corrected chi connectivity index (χ0v) is 23.6. The lowest BCUT2D eigenvalue weighted by Crippen LogP contribution is -2.46. The molecule has 0 saturated carbocycles. The van der Waals surface area contributed by atoms with Crippen LogP contribution in [0.15, 0.2) is 35.3 Å². The van der Waals surface area contributed by atoms with E-state index in [1.807, 2.05) is 18.2 Å². The molecule has 3 N–H and O–H groups in total. The number of methoxy groups -OCH3 is 1. The van der Waals surface area contributed by atoms with Crippen LogP contribution in [0, 0.1) is 0 Å². The van der Waals surface area contributed by atoms with Crippen LogP contribution < -0.4 is 16.1 Å². The first kappa shape index (κ1) is 33.2. The van der Waals surface area contributed by atoms with E-state index in [4.69, 9.17) is 19.0 Å². The molecule has 0 aliphatic rings. The highest BCUT2D eigenvalue weighted by Gasteiger charge is 2.28. The normalized spacial score (nSPS) is 12.5. The van der Waals surface area contributed by atoms with Gasteiger partial charge in [0.05, 0.1) is 7.11 Å². The third-order valence-electron chi connectivity index (χ3n) is 4.32. The van der Waals surface area contributed by atoms with Gasteiger partial charge in [-0.1, -0.05) is 30.3 Å². The van der Waals surface area contributed by atoms with Crippen molar-refractivity contribution in [2.45, 2.75) is 78.2 Å². The van der Waals surface area contributed by atoms with Gasteiger partial charge in [0, 0.05) is 6.54 Å². The van der Waals surface area contributed by atoms with Crippen molar-refractivity contribution in [3.63, 3.8) is 0 Å². The zero-order chi connectivity index (χ0) is 29.5. The quantitative estimate of drug-likeness (QED) is 0.0929. The average Bonchev–Trinajstić information content (AvgIpc) is 2.82. The van der Waals surface area contributed by atoms with Crippen molar-refractivity contribution in [3.8, 4) is 0 Å². The smallest absolute Gasteiger partial charge is 0.414 e. The van der Waals surface area contributed by atoms with Gasteiger partial charge < -0.3 is 24.3 Å². The monoisotopic (exact) mass is 552 g/mol. The number of benzene rings is 1. The molecule has 0 aliphatic carbocycles. The van der Waals surface area contributed by atoms with Crippen LogP contribution in [0.3, 0.4) is 0 Å². The van der Waals surface area contributed by atoms with Crippen LogP contribution >= 0.6 is 0 Å². The molecule has 0 spiro atoms. The summed E-state index contributed by atoms with van der Waals surface area (Å²) in [6.07, 6.45) is -1.12. The van der Waals surface area contributed by atoms with E-state index < -0.39 is 48.0 Å². The predicted octanol–water partition coefficient (Wildman–Crippen LogP) is 2.98. The Hall–Kier alpha value is -3.87. The van der Waals surface area contributed by atoms with Gasteiger partial charge in [-0.05, 0) is 59.9 Å². The first-order chi connectivity index (χ1) is 18.2. The molecule has 218 valence electrons. The molecule has 1 atom stereocenters. The Labute approximate surface area is 228 Å². The molecule has 0 radical (unpaired) electrons. The molecule has 0 heterocycles. The summed E-state index contributed by atoms with van der Waals surface area (Å²) >= 11 is 0. The molecule has 13 heteroatoms. The van der Waals surface area contributed by atoms with Crippen molar-refractivity contribution in [1.29, 1.82) is 0 Å². The molecule has 1 aromatic carbocycles. The molecule has 0 fully saturated rings. The average molecular weight is 553 g/mol. The Morgan fingerprint density at radius 1 is 0.923 bits per heavy atom. The molecule has 1 unspecified atom stereocenters. The number of alkyl carbamates (subject to hydrolysis) is 2. The van der Waals surface area contributed by atoms with E-state index in [-0.39, 0.29) is 25.5 Å². The first-order valence-corrected chi connectivity index (χ1v) is 12.4. The second kappa shape index (κ2) is 16.2. The molecular formula is C26H40N4O9. The molecule has 0 bridgehead atoms. The third kappa shape index (κ3) is 16.6. The molecule has 0 saturated heterocycles. The van der Waals surface area contributed by atoms with Gasteiger partial charge in [-0.25, -0.2) is 24.7 Å². The number of hydrogen-bond donors (Lipinski definition) is 3. The van der Waals surface area contributed by atoms with E-state index in [0.717, 1.165) is 5.56 Å². The molecule has 39 heavy (non-hydrogen) atoms. The summed E-state index contributed by atoms with van der Waals surface area (Å²) in [7, 11) is 1.20. The van der Waals surface area contributed by atoms with Gasteiger partial charge in [0.1, 0.15) is 23.9 Å². The molecule has 0 aromatic heterocycles. The van der Waals surface area contributed by atoms with E-state index in [2.05, 4.69) is 25.8 Å². The number of esters is 2. The van der Waals surface area contributed by atoms with Crippen molar-refractivity contribution in [2.24, 2.45) is 4.99 Å². The van der Waals surface area contributed by atoms with Crippen LogP contribution in [0.2, 0.25) is 0 Å². The van der Waals surface area contributed by atoms with E-state index in [1.54, 1.807) is 53.7 Å². The van der Waals surface area contributed by atoms with Gasteiger partial charge in [-0.2, -0.15) is 0 Å². The maximum atomic E-state index is 12.7. The minimum atomic E-state index is -0.995. The lowest BCUT2D eigenvalue weighted by molar-refractivity contribution is -0.157. The van der Waals surface area contributed by atoms with Crippen molar-refractivity contribution >= 4 is 30.1 Å². The summed E-state index contributed by atoms with van der Waals surface area (Å²) in [5.74, 6) is -1.41. The molecule has 2 amide bonds. The number of nitrogens with one attached hydrogen (secondary N) is 3. The van der Waals surface area contributed by atoms with Crippen molar-refractivity contribution in [2.75, 3.05) is 20.3 Å². The second-order valence-electron chi connectivity index (χ2n) is 10.3. The number of hydroxylamine groups is 1. The fourth-order valence-corrected chi connectivity index (χ4v) is 2.73. The number of aliphatic imine (C=N–C) groups is 1. The molecule has 13 nitrogen and oxygen atoms in total. The highest BCUT2D eigenvalue weighted by atomic mass is 16.7. The molecular weight excluding hydrogens is 512 g/mol. The topological polar surface area (TPSA) is 163 Å². The number of rotatable bonds is 11. The van der Waals surface area contributed by atoms with Gasteiger partial charge in [0.15, 0.2) is 6.61 Å². The Kier molecular flexibility index (Phi) is 13.7. The summed E-state index contributed by atoms with van der Waals surface area (Å²) in [6, 6.07) is 8.07. The molecule has 1 rings (SSSR count). The number of carbonyl (C=O) groups excluding carboxylic acids is 4. The number of amides is 2. The summed E-state index contributed by atoms with van der Waals surface area (Å²) in [5, 5.41) is 4.93. The van der Waals surface area contributed by atoms with E-state index in [0.29, 0.717) is 6.42 Å². The van der Waals surface area contributed by atoms with Gasteiger partial charge in [-0.15, -0.1) is 0 Å². The van der Waals surface area contributed by atoms with Gasteiger partial charge in [0.25, 0.3) is 0 Å². The fraction of sp³-hybridized carbons (Fsp3) is 0.577. The Morgan fingerprint density at radius 2 is 1.56 bits per heavy atom. The molecule has 1 aromatic rings. The van der Waals surface area contributed by atoms with Crippen LogP contribution in [-0.2, 0) is 40.0 Å². The Balaban J connectivity index is 2.80. The Morgan fingerprint density at radius 3 is 2.15 bits per heavy atom. The van der Waals surface area contributed by atoms with Crippen LogP contribution in [-0.4, -0.2) is 67.6 Å². The maximum Gasteiger partial charge on any atom is 0.414 e. The van der Waals surface area contributed by atoms with E-state index in [9.17, 15) is 19.2 Å². The SMILES string of the molecule is COC(=O)CONC(=NCCCC(NC(=O)OC(C)(C)C)C(=O)OC(C)(C)C)NC(=O)OCc1ccccc1. The minimum absolute atomic E-state index is 0.0247. The van der Waals surface area contributed by atoms with E-state index in [1.165, 1.54) is 7.11 Å². The van der Waals surface area contributed by atoms with Crippen molar-refractivity contribution in [1.82, 2.24) is 16.1 Å². The number of nitrogens with zero attached hydrogens (tertiary/aromatic N) is 1. The van der Waals surface area contributed by atoms with E-state index >= 15 is 0 Å². The number of hydrogen-bond acceptors (Lipinski definition) is 10. The van der Waals surface area contributed by atoms with Crippen LogP contribution in [0.1, 0.15) is 59.9 Å². The number of ether oxygens (including phenoxy) is 4. The van der Waals surface area contributed by atoms with Gasteiger partial charge >= 0.3 is 24.1 Å². The zero-order valence-electron chi connectivity index (χ0n) is 23.6. The fourth-order valence-electron chi connectivity index (χ4n) is 2.73. The van der Waals surface area contributed by atoms with Crippen LogP contribution in [0.4, 0.5) is 9.59 Å². The largest absolute Gasteiger partial charge is 0.467 e. The summed E-state index contributed by atoms with van der Waals surface area (Å²) in [5.41, 5.74) is 1.64. The highest BCUT2D eigenvalue weighted by Crippen LogP contribution is 2.12. The second-order valence-corrected chi connectivity index (χ2v) is 10.3. The van der Waals surface area contributed by atoms with Crippen LogP contribution in [0.25, 0.3) is 0 Å². The van der Waals surface area contributed by atoms with Gasteiger partial charge in [0.2, 0.25) is 5.96 Å². The number of guanidine groups is 1. The summed E-state index contributed by atoms with van der Waals surface area (Å²) < 4.78 is 20.3. The predicted molar refractivity (Wildman–Crippen MR) is 141 cm³/mol. The molecule has 0 aliphatic heterocycles. The summed E-state index contributed by atoms with van der Waals surface area (Å²) in [4.78, 5) is 57.7. The summed E-state index contributed by atoms with van der Waals surface area (Å²) in [6.45, 7) is 9.94. The standard InChI is InChI=1S/C26H40N4O9/c1-25(2,3)38-21(32)19(28-24(34)39-26(4,5)6)14-11-15-27-22(30-37-17-20(31)35-7)29-23(33)36-16-18-12-9-8-10-13-18/h8-10,12-13,19H,11,14-17H2,1-7H3,(H,28,34)(H2,27,29,30,33). The van der Waals surface area contributed by atoms with Crippen molar-refractivity contribution in [3.05, 3.63) is 35.9 Å². The third-order valence-corrected chi connectivity index (χ3v) is 4.32. The van der Waals surface area contributed by atoms with Crippen LogP contribution in [0.5, 0.6) is 0 Å². The minimum Gasteiger partial charge on any atom is -0.467 e. The first-order valence-electron chi connectivity index (χ1n) is 12.4. The Bertz CT molecular complexity index is 970. The lowest BCUT2D eigenvalue weighted by Gasteiger charge is -2.26. The highest BCUT2D eigenvalue weighted by molar-refractivity contribution is 5.93. The van der Waals surface area contributed by atoms with Gasteiger partial charge in [-0.3, -0.25) is 15.1 Å². The maximum absolute atomic E-state index is 12.7. The van der Waals surface area contributed by atoms with Crippen molar-refractivity contribution < 1.29 is 43.0 Å².